The first-order valence-corrected chi connectivity index (χ1v) is 12.8. The molecule has 0 unspecified atom stereocenters. The van der Waals surface area contributed by atoms with Crippen molar-refractivity contribution in [3.63, 3.8) is 0 Å². The minimum absolute atomic E-state index is 0.0840. The number of para-hydroxylation sites is 1. The standard InChI is InChI=1S/C26H27N3O4S/c30-25(22-14-12-21(13-15-22)19-34(32,33)29-16-6-7-17-29)28-24-11-5-4-10-23(24)26(31)27-18-20-8-2-1-3-9-20/h1-5,8-15H,6-7,16-19H2,(H,27,31)(H,28,30). The molecule has 3 aromatic rings. The Labute approximate surface area is 199 Å². The number of sulfonamides is 1. The summed E-state index contributed by atoms with van der Waals surface area (Å²) < 4.78 is 26.6. The smallest absolute Gasteiger partial charge is 0.255 e. The van der Waals surface area contributed by atoms with Gasteiger partial charge in [0.15, 0.2) is 0 Å². The van der Waals surface area contributed by atoms with Crippen LogP contribution in [0.3, 0.4) is 0 Å². The Morgan fingerprint density at radius 2 is 1.41 bits per heavy atom. The summed E-state index contributed by atoms with van der Waals surface area (Å²) in [5, 5.41) is 5.66. The molecule has 1 aliphatic heterocycles. The topological polar surface area (TPSA) is 95.6 Å². The van der Waals surface area contributed by atoms with Crippen molar-refractivity contribution in [2.75, 3.05) is 18.4 Å². The Kier molecular flexibility index (Phi) is 7.40. The van der Waals surface area contributed by atoms with Crippen molar-refractivity contribution >= 4 is 27.5 Å². The highest BCUT2D eigenvalue weighted by Gasteiger charge is 2.25. The summed E-state index contributed by atoms with van der Waals surface area (Å²) >= 11 is 0. The molecule has 0 aromatic heterocycles. The second kappa shape index (κ2) is 10.6. The predicted molar refractivity (Wildman–Crippen MR) is 132 cm³/mol. The molecule has 4 rings (SSSR count). The van der Waals surface area contributed by atoms with Gasteiger partial charge in [-0.25, -0.2) is 12.7 Å². The fourth-order valence-electron chi connectivity index (χ4n) is 3.88. The number of nitrogens with one attached hydrogen (secondary N) is 2. The molecule has 34 heavy (non-hydrogen) atoms. The van der Waals surface area contributed by atoms with Crippen LogP contribution < -0.4 is 10.6 Å². The van der Waals surface area contributed by atoms with Gasteiger partial charge >= 0.3 is 0 Å². The van der Waals surface area contributed by atoms with Crippen LogP contribution in [0.1, 0.15) is 44.7 Å². The zero-order chi connectivity index (χ0) is 24.0. The van der Waals surface area contributed by atoms with Crippen LogP contribution in [0.4, 0.5) is 5.69 Å². The lowest BCUT2D eigenvalue weighted by Gasteiger charge is -2.15. The van der Waals surface area contributed by atoms with E-state index in [0.717, 1.165) is 18.4 Å². The molecule has 0 aliphatic carbocycles. The highest BCUT2D eigenvalue weighted by Crippen LogP contribution is 2.19. The Hall–Kier alpha value is -3.49. The first-order chi connectivity index (χ1) is 16.4. The van der Waals surface area contributed by atoms with E-state index in [4.69, 9.17) is 0 Å². The van der Waals surface area contributed by atoms with E-state index in [9.17, 15) is 18.0 Å². The van der Waals surface area contributed by atoms with E-state index >= 15 is 0 Å². The van der Waals surface area contributed by atoms with Crippen LogP contribution in [0.15, 0.2) is 78.9 Å². The van der Waals surface area contributed by atoms with Crippen LogP contribution in [0.5, 0.6) is 0 Å². The second-order valence-electron chi connectivity index (χ2n) is 8.23. The predicted octanol–water partition coefficient (Wildman–Crippen LogP) is 3.79. The van der Waals surface area contributed by atoms with Gasteiger partial charge in [-0.2, -0.15) is 0 Å². The van der Waals surface area contributed by atoms with E-state index in [1.807, 2.05) is 30.3 Å². The van der Waals surface area contributed by atoms with Crippen molar-refractivity contribution in [2.24, 2.45) is 0 Å². The van der Waals surface area contributed by atoms with Crippen molar-refractivity contribution in [1.29, 1.82) is 0 Å². The number of benzene rings is 3. The monoisotopic (exact) mass is 477 g/mol. The van der Waals surface area contributed by atoms with Crippen molar-refractivity contribution in [2.45, 2.75) is 25.1 Å². The van der Waals surface area contributed by atoms with Crippen LogP contribution >= 0.6 is 0 Å². The first kappa shape index (κ1) is 23.7. The third-order valence-electron chi connectivity index (χ3n) is 5.74. The van der Waals surface area contributed by atoms with Crippen molar-refractivity contribution < 1.29 is 18.0 Å². The molecule has 3 aromatic carbocycles. The number of amides is 2. The Bertz CT molecular complexity index is 1250. The number of anilines is 1. The van der Waals surface area contributed by atoms with Gasteiger partial charge in [-0.15, -0.1) is 0 Å². The van der Waals surface area contributed by atoms with Crippen molar-refractivity contribution in [3.8, 4) is 0 Å². The Morgan fingerprint density at radius 1 is 0.765 bits per heavy atom. The molecular formula is C26H27N3O4S. The minimum atomic E-state index is -3.35. The first-order valence-electron chi connectivity index (χ1n) is 11.2. The zero-order valence-electron chi connectivity index (χ0n) is 18.7. The molecule has 2 N–H and O–H groups in total. The van der Waals surface area contributed by atoms with E-state index < -0.39 is 10.0 Å². The largest absolute Gasteiger partial charge is 0.348 e. The van der Waals surface area contributed by atoms with Crippen LogP contribution in [-0.2, 0) is 22.3 Å². The normalized spacial score (nSPS) is 14.0. The number of nitrogens with zero attached hydrogens (tertiary/aromatic N) is 1. The van der Waals surface area contributed by atoms with Gasteiger partial charge in [0.2, 0.25) is 10.0 Å². The summed E-state index contributed by atoms with van der Waals surface area (Å²) in [5.41, 5.74) is 2.74. The molecule has 0 bridgehead atoms. The molecule has 0 radical (unpaired) electrons. The quantitative estimate of drug-likeness (QED) is 0.516. The van der Waals surface area contributed by atoms with Gasteiger partial charge in [0, 0.05) is 25.2 Å². The third kappa shape index (κ3) is 5.89. The summed E-state index contributed by atoms with van der Waals surface area (Å²) in [6.07, 6.45) is 1.79. The van der Waals surface area contributed by atoms with E-state index in [-0.39, 0.29) is 17.6 Å². The van der Waals surface area contributed by atoms with Crippen LogP contribution in [0.25, 0.3) is 0 Å². The molecule has 1 aliphatic rings. The summed E-state index contributed by atoms with van der Waals surface area (Å²) in [4.78, 5) is 25.5. The lowest BCUT2D eigenvalue weighted by molar-refractivity contribution is 0.0951. The van der Waals surface area contributed by atoms with E-state index in [2.05, 4.69) is 10.6 Å². The minimum Gasteiger partial charge on any atom is -0.348 e. The van der Waals surface area contributed by atoms with Gasteiger partial charge in [-0.3, -0.25) is 9.59 Å². The van der Waals surface area contributed by atoms with Gasteiger partial charge < -0.3 is 10.6 Å². The van der Waals surface area contributed by atoms with Gasteiger partial charge in [-0.1, -0.05) is 54.6 Å². The Balaban J connectivity index is 1.40. The number of carbonyl (C=O) groups is 2. The van der Waals surface area contributed by atoms with Gasteiger partial charge in [-0.05, 0) is 48.2 Å². The number of hydrogen-bond acceptors (Lipinski definition) is 4. The fraction of sp³-hybridized carbons (Fsp3) is 0.231. The zero-order valence-corrected chi connectivity index (χ0v) is 19.6. The molecule has 0 spiro atoms. The summed E-state index contributed by atoms with van der Waals surface area (Å²) in [6.45, 7) is 1.52. The molecule has 1 saturated heterocycles. The SMILES string of the molecule is O=C(Nc1ccccc1C(=O)NCc1ccccc1)c1ccc(CS(=O)(=O)N2CCCC2)cc1. The number of hydrogen-bond donors (Lipinski definition) is 2. The van der Waals surface area contributed by atoms with Crippen molar-refractivity contribution in [3.05, 3.63) is 101 Å². The third-order valence-corrected chi connectivity index (χ3v) is 7.59. The van der Waals surface area contributed by atoms with Crippen LogP contribution in [0, 0.1) is 0 Å². The second-order valence-corrected chi connectivity index (χ2v) is 10.2. The van der Waals surface area contributed by atoms with Crippen LogP contribution in [-0.4, -0.2) is 37.6 Å². The van der Waals surface area contributed by atoms with E-state index in [0.29, 0.717) is 42.0 Å². The molecule has 1 heterocycles. The molecule has 7 nitrogen and oxygen atoms in total. The number of rotatable bonds is 8. The highest BCUT2D eigenvalue weighted by atomic mass is 32.2. The van der Waals surface area contributed by atoms with E-state index in [1.54, 1.807) is 48.5 Å². The lowest BCUT2D eigenvalue weighted by Crippen LogP contribution is -2.29. The lowest BCUT2D eigenvalue weighted by atomic mass is 10.1. The molecule has 2 amide bonds. The van der Waals surface area contributed by atoms with Gasteiger partial charge in [0.1, 0.15) is 0 Å². The van der Waals surface area contributed by atoms with E-state index in [1.165, 1.54) is 4.31 Å². The molecule has 0 saturated carbocycles. The van der Waals surface area contributed by atoms with Gasteiger partial charge in [0.05, 0.1) is 17.0 Å². The average molecular weight is 478 g/mol. The molecule has 176 valence electrons. The summed E-state index contributed by atoms with van der Waals surface area (Å²) in [7, 11) is -3.35. The van der Waals surface area contributed by atoms with Gasteiger partial charge in [0.25, 0.3) is 11.8 Å². The highest BCUT2D eigenvalue weighted by molar-refractivity contribution is 7.88. The molecule has 8 heteroatoms. The molecular weight excluding hydrogens is 450 g/mol. The summed E-state index contributed by atoms with van der Waals surface area (Å²) in [6, 6.07) is 22.9. The summed E-state index contributed by atoms with van der Waals surface area (Å²) in [5.74, 6) is -0.751. The molecule has 0 atom stereocenters. The average Bonchev–Trinajstić information content (AvgIpc) is 3.40. The van der Waals surface area contributed by atoms with Crippen LogP contribution in [0.2, 0.25) is 0 Å². The number of carbonyl (C=O) groups excluding carboxylic acids is 2. The van der Waals surface area contributed by atoms with Crippen molar-refractivity contribution in [1.82, 2.24) is 9.62 Å². The fourth-order valence-corrected chi connectivity index (χ4v) is 5.49. The maximum atomic E-state index is 12.8. The molecule has 1 fully saturated rings. The Morgan fingerprint density at radius 3 is 2.12 bits per heavy atom. The maximum absolute atomic E-state index is 12.8. The maximum Gasteiger partial charge on any atom is 0.255 e.